The number of ether oxygens (including phenoxy) is 2. The summed E-state index contributed by atoms with van der Waals surface area (Å²) in [6, 6.07) is 9.59. The lowest BCUT2D eigenvalue weighted by Gasteiger charge is -2.19. The molecule has 2 aromatic rings. The van der Waals surface area contributed by atoms with E-state index in [2.05, 4.69) is 4.98 Å². The van der Waals surface area contributed by atoms with Crippen molar-refractivity contribution in [2.45, 2.75) is 31.9 Å². The number of carboxylic acid groups (broad SMARTS) is 1. The molecule has 23 heavy (non-hydrogen) atoms. The van der Waals surface area contributed by atoms with E-state index in [1.807, 2.05) is 41.1 Å². The second kappa shape index (κ2) is 9.63. The summed E-state index contributed by atoms with van der Waals surface area (Å²) in [6.07, 6.45) is 6.74. The van der Waals surface area contributed by atoms with Crippen molar-refractivity contribution in [3.05, 3.63) is 49.1 Å². The van der Waals surface area contributed by atoms with Crippen LogP contribution in [0.15, 0.2) is 49.1 Å². The standard InChI is InChI=1S/C17H22N2O4/c20-17(21)8-4-5-11-22-16(12-19-10-9-18-14-19)13-23-15-6-2-1-3-7-15/h1-3,6-7,9-10,14,16H,4-5,8,11-13H2,(H,20,21). The fraction of sp³-hybridized carbons (Fsp3) is 0.412. The molecule has 0 aliphatic heterocycles. The molecule has 0 fully saturated rings. The van der Waals surface area contributed by atoms with Gasteiger partial charge in [-0.2, -0.15) is 0 Å². The van der Waals surface area contributed by atoms with Crippen LogP contribution in [-0.2, 0) is 16.1 Å². The van der Waals surface area contributed by atoms with Gasteiger partial charge in [-0.25, -0.2) is 4.98 Å². The maximum absolute atomic E-state index is 10.5. The molecule has 2 rings (SSSR count). The van der Waals surface area contributed by atoms with Crippen LogP contribution in [0.1, 0.15) is 19.3 Å². The minimum absolute atomic E-state index is 0.116. The maximum atomic E-state index is 10.5. The SMILES string of the molecule is O=C(O)CCCCOC(COc1ccccc1)Cn1ccnc1. The number of aromatic nitrogens is 2. The number of aliphatic carboxylic acids is 1. The molecule has 1 unspecified atom stereocenters. The summed E-state index contributed by atoms with van der Waals surface area (Å²) >= 11 is 0. The first-order valence-corrected chi connectivity index (χ1v) is 7.71. The highest BCUT2D eigenvalue weighted by Crippen LogP contribution is 2.10. The minimum Gasteiger partial charge on any atom is -0.491 e. The number of carboxylic acids is 1. The number of unbranched alkanes of at least 4 members (excludes halogenated alkanes) is 1. The van der Waals surface area contributed by atoms with E-state index in [0.29, 0.717) is 26.2 Å². The van der Waals surface area contributed by atoms with Crippen molar-refractivity contribution in [2.75, 3.05) is 13.2 Å². The number of nitrogens with zero attached hydrogens (tertiary/aromatic N) is 2. The van der Waals surface area contributed by atoms with Gasteiger partial charge in [0.05, 0.1) is 12.9 Å². The maximum Gasteiger partial charge on any atom is 0.303 e. The Morgan fingerprint density at radius 3 is 2.78 bits per heavy atom. The molecule has 1 heterocycles. The number of hydrogen-bond acceptors (Lipinski definition) is 4. The van der Waals surface area contributed by atoms with Crippen LogP contribution in [0.3, 0.4) is 0 Å². The molecule has 6 heteroatoms. The van der Waals surface area contributed by atoms with Crippen LogP contribution < -0.4 is 4.74 Å². The zero-order chi connectivity index (χ0) is 16.3. The van der Waals surface area contributed by atoms with Crippen LogP contribution in [0.2, 0.25) is 0 Å². The highest BCUT2D eigenvalue weighted by atomic mass is 16.5. The molecule has 6 nitrogen and oxygen atoms in total. The molecule has 0 saturated carbocycles. The molecule has 0 radical (unpaired) electrons. The van der Waals surface area contributed by atoms with E-state index in [-0.39, 0.29) is 12.5 Å². The number of hydrogen-bond donors (Lipinski definition) is 1. The van der Waals surface area contributed by atoms with Crippen LogP contribution in [0.5, 0.6) is 5.75 Å². The Labute approximate surface area is 135 Å². The Kier molecular flexibility index (Phi) is 7.13. The Morgan fingerprint density at radius 2 is 2.09 bits per heavy atom. The summed E-state index contributed by atoms with van der Waals surface area (Å²) in [5, 5.41) is 8.63. The molecular formula is C17H22N2O4. The Bertz CT molecular complexity index is 557. The molecule has 1 aromatic heterocycles. The van der Waals surface area contributed by atoms with Gasteiger partial charge in [-0.1, -0.05) is 18.2 Å². The van der Waals surface area contributed by atoms with Gasteiger partial charge in [-0.05, 0) is 25.0 Å². The van der Waals surface area contributed by atoms with Gasteiger partial charge in [0.2, 0.25) is 0 Å². The Morgan fingerprint density at radius 1 is 1.26 bits per heavy atom. The molecule has 0 spiro atoms. The number of imidazole rings is 1. The predicted molar refractivity (Wildman–Crippen MR) is 85.4 cm³/mol. The van der Waals surface area contributed by atoms with E-state index in [1.165, 1.54) is 0 Å². The number of benzene rings is 1. The quantitative estimate of drug-likeness (QED) is 0.645. The first-order chi connectivity index (χ1) is 11.2. The van der Waals surface area contributed by atoms with Crippen LogP contribution in [0.4, 0.5) is 0 Å². The molecule has 0 amide bonds. The Balaban J connectivity index is 1.78. The zero-order valence-electron chi connectivity index (χ0n) is 13.0. The molecule has 124 valence electrons. The van der Waals surface area contributed by atoms with E-state index in [1.54, 1.807) is 12.5 Å². The summed E-state index contributed by atoms with van der Waals surface area (Å²) in [4.78, 5) is 14.5. The first kappa shape index (κ1) is 17.0. The monoisotopic (exact) mass is 318 g/mol. The van der Waals surface area contributed by atoms with E-state index >= 15 is 0 Å². The molecule has 0 aliphatic carbocycles. The van der Waals surface area contributed by atoms with Crippen molar-refractivity contribution in [3.63, 3.8) is 0 Å². The topological polar surface area (TPSA) is 73.6 Å². The van der Waals surface area contributed by atoms with Gasteiger partial charge in [0.1, 0.15) is 18.5 Å². The molecule has 0 saturated heterocycles. The lowest BCUT2D eigenvalue weighted by molar-refractivity contribution is -0.137. The average molecular weight is 318 g/mol. The normalized spacial score (nSPS) is 12.0. The van der Waals surface area contributed by atoms with Gasteiger partial charge in [-0.15, -0.1) is 0 Å². The van der Waals surface area contributed by atoms with E-state index in [9.17, 15) is 4.79 Å². The molecule has 1 aromatic carbocycles. The zero-order valence-corrected chi connectivity index (χ0v) is 13.0. The summed E-state index contributed by atoms with van der Waals surface area (Å²) in [7, 11) is 0. The summed E-state index contributed by atoms with van der Waals surface area (Å²) in [5.74, 6) is 0.0324. The van der Waals surface area contributed by atoms with E-state index < -0.39 is 5.97 Å². The smallest absolute Gasteiger partial charge is 0.303 e. The molecule has 0 bridgehead atoms. The first-order valence-electron chi connectivity index (χ1n) is 7.71. The second-order valence-corrected chi connectivity index (χ2v) is 5.23. The van der Waals surface area contributed by atoms with Crippen molar-refractivity contribution >= 4 is 5.97 Å². The van der Waals surface area contributed by atoms with Gasteiger partial charge in [0.25, 0.3) is 0 Å². The highest BCUT2D eigenvalue weighted by molar-refractivity contribution is 5.66. The fourth-order valence-electron chi connectivity index (χ4n) is 2.12. The van der Waals surface area contributed by atoms with Crippen LogP contribution >= 0.6 is 0 Å². The third kappa shape index (κ3) is 6.97. The molecule has 1 N–H and O–H groups in total. The van der Waals surface area contributed by atoms with Crippen LogP contribution in [0, 0.1) is 0 Å². The van der Waals surface area contributed by atoms with Gasteiger partial charge < -0.3 is 19.1 Å². The molecule has 0 aliphatic rings. The van der Waals surface area contributed by atoms with Gasteiger partial charge >= 0.3 is 5.97 Å². The van der Waals surface area contributed by atoms with Gasteiger partial charge in [0.15, 0.2) is 0 Å². The van der Waals surface area contributed by atoms with Crippen molar-refractivity contribution < 1.29 is 19.4 Å². The van der Waals surface area contributed by atoms with E-state index in [4.69, 9.17) is 14.6 Å². The highest BCUT2D eigenvalue weighted by Gasteiger charge is 2.11. The summed E-state index contributed by atoms with van der Waals surface area (Å²) < 4.78 is 13.6. The van der Waals surface area contributed by atoms with Gasteiger partial charge in [0, 0.05) is 25.4 Å². The lowest BCUT2D eigenvalue weighted by Crippen LogP contribution is -2.27. The molecular weight excluding hydrogens is 296 g/mol. The third-order valence-electron chi connectivity index (χ3n) is 3.29. The number of para-hydroxylation sites is 1. The van der Waals surface area contributed by atoms with Crippen molar-refractivity contribution in [3.8, 4) is 5.75 Å². The van der Waals surface area contributed by atoms with E-state index in [0.717, 1.165) is 12.2 Å². The van der Waals surface area contributed by atoms with Crippen LogP contribution in [-0.4, -0.2) is 39.9 Å². The predicted octanol–water partition coefficient (Wildman–Crippen LogP) is 2.60. The minimum atomic E-state index is -0.771. The second-order valence-electron chi connectivity index (χ2n) is 5.23. The third-order valence-corrected chi connectivity index (χ3v) is 3.29. The largest absolute Gasteiger partial charge is 0.491 e. The van der Waals surface area contributed by atoms with Gasteiger partial charge in [-0.3, -0.25) is 4.79 Å². The summed E-state index contributed by atoms with van der Waals surface area (Å²) in [6.45, 7) is 1.59. The number of carbonyl (C=O) groups is 1. The van der Waals surface area contributed by atoms with Crippen LogP contribution in [0.25, 0.3) is 0 Å². The van der Waals surface area contributed by atoms with Crippen molar-refractivity contribution in [1.29, 1.82) is 0 Å². The number of rotatable bonds is 11. The summed E-state index contributed by atoms with van der Waals surface area (Å²) in [5.41, 5.74) is 0. The molecule has 1 atom stereocenters. The fourth-order valence-corrected chi connectivity index (χ4v) is 2.12. The lowest BCUT2D eigenvalue weighted by atomic mass is 10.2. The van der Waals surface area contributed by atoms with Crippen molar-refractivity contribution in [2.24, 2.45) is 0 Å². The van der Waals surface area contributed by atoms with Crippen molar-refractivity contribution in [1.82, 2.24) is 9.55 Å². The average Bonchev–Trinajstić information content (AvgIpc) is 3.05. The Hall–Kier alpha value is -2.34.